The molecule has 1 amide bonds. The number of rotatable bonds is 5. The Kier molecular flexibility index (Phi) is 5.98. The fourth-order valence-corrected chi connectivity index (χ4v) is 2.05. The molecule has 2 rings (SSSR count). The average Bonchev–Trinajstić information content (AvgIpc) is 2.49. The number of hydrazone groups is 1. The Morgan fingerprint density at radius 2 is 2.05 bits per heavy atom. The molecule has 0 aromatic heterocycles. The first-order valence-electron chi connectivity index (χ1n) is 6.55. The summed E-state index contributed by atoms with van der Waals surface area (Å²) < 4.78 is 6.48. The summed E-state index contributed by atoms with van der Waals surface area (Å²) in [6.45, 7) is 1.64. The van der Waals surface area contributed by atoms with E-state index < -0.39 is 6.10 Å². The molecular weight excluding hydrogens is 368 g/mol. The number of halogens is 2. The van der Waals surface area contributed by atoms with Gasteiger partial charge in [-0.25, -0.2) is 5.43 Å². The maximum atomic E-state index is 11.9. The third-order valence-corrected chi connectivity index (χ3v) is 3.50. The average molecular weight is 382 g/mol. The number of ether oxygens (including phenoxy) is 1. The fourth-order valence-electron chi connectivity index (χ4n) is 1.61. The van der Waals surface area contributed by atoms with Gasteiger partial charge < -0.3 is 4.74 Å². The van der Waals surface area contributed by atoms with Crippen molar-refractivity contribution >= 4 is 39.7 Å². The second kappa shape index (κ2) is 7.96. The zero-order chi connectivity index (χ0) is 15.9. The van der Waals surface area contributed by atoms with Gasteiger partial charge in [0.1, 0.15) is 5.75 Å². The molecule has 0 fully saturated rings. The summed E-state index contributed by atoms with van der Waals surface area (Å²) in [6.07, 6.45) is 0.886. The van der Waals surface area contributed by atoms with E-state index in [1.165, 1.54) is 0 Å². The summed E-state index contributed by atoms with van der Waals surface area (Å²) in [6, 6.07) is 14.4. The number of carbonyl (C=O) groups excluding carboxylic acids is 1. The van der Waals surface area contributed by atoms with Crippen LogP contribution in [0.25, 0.3) is 0 Å². The van der Waals surface area contributed by atoms with Crippen LogP contribution in [0.2, 0.25) is 5.02 Å². The molecule has 1 N–H and O–H groups in total. The molecule has 0 heterocycles. The van der Waals surface area contributed by atoms with Crippen LogP contribution in [-0.2, 0) is 4.79 Å². The number of nitrogens with zero attached hydrogens (tertiary/aromatic N) is 1. The van der Waals surface area contributed by atoms with E-state index in [2.05, 4.69) is 26.5 Å². The van der Waals surface area contributed by atoms with E-state index >= 15 is 0 Å². The van der Waals surface area contributed by atoms with Crippen LogP contribution in [0.5, 0.6) is 5.75 Å². The van der Waals surface area contributed by atoms with Crippen LogP contribution in [-0.4, -0.2) is 18.2 Å². The van der Waals surface area contributed by atoms with Crippen LogP contribution in [0.3, 0.4) is 0 Å². The predicted molar refractivity (Wildman–Crippen MR) is 91.4 cm³/mol. The first-order chi connectivity index (χ1) is 10.5. The second-order valence-electron chi connectivity index (χ2n) is 4.50. The predicted octanol–water partition coefficient (Wildman–Crippen LogP) is 4.02. The van der Waals surface area contributed by atoms with Gasteiger partial charge in [0.2, 0.25) is 0 Å². The first-order valence-corrected chi connectivity index (χ1v) is 7.72. The molecule has 22 heavy (non-hydrogen) atoms. The third-order valence-electron chi connectivity index (χ3n) is 2.74. The summed E-state index contributed by atoms with van der Waals surface area (Å²) >= 11 is 9.22. The molecular formula is C16H14BrClN2O2. The molecule has 0 aliphatic heterocycles. The molecule has 0 aliphatic rings. The van der Waals surface area contributed by atoms with Crippen molar-refractivity contribution in [3.05, 3.63) is 63.6 Å². The standard InChI is InChI=1S/C16H14BrClN2O2/c1-11(22-15-4-2-3-14(18)9-15)16(21)20-19-10-12-5-7-13(17)8-6-12/h2-11H,1H3,(H,20,21)/b19-10+. The maximum absolute atomic E-state index is 11.9. The highest BCUT2D eigenvalue weighted by Crippen LogP contribution is 2.18. The highest BCUT2D eigenvalue weighted by molar-refractivity contribution is 9.10. The van der Waals surface area contributed by atoms with Gasteiger partial charge in [-0.1, -0.05) is 45.7 Å². The number of amides is 1. The molecule has 0 saturated heterocycles. The first kappa shape index (κ1) is 16.5. The highest BCUT2D eigenvalue weighted by atomic mass is 79.9. The lowest BCUT2D eigenvalue weighted by atomic mass is 10.2. The lowest BCUT2D eigenvalue weighted by Gasteiger charge is -2.12. The van der Waals surface area contributed by atoms with Crippen LogP contribution in [0.15, 0.2) is 58.1 Å². The van der Waals surface area contributed by atoms with Crippen molar-refractivity contribution in [1.29, 1.82) is 0 Å². The lowest BCUT2D eigenvalue weighted by molar-refractivity contribution is -0.127. The smallest absolute Gasteiger partial charge is 0.280 e. The van der Waals surface area contributed by atoms with E-state index in [1.807, 2.05) is 24.3 Å². The van der Waals surface area contributed by atoms with Gasteiger partial charge in [-0.15, -0.1) is 0 Å². The highest BCUT2D eigenvalue weighted by Gasteiger charge is 2.13. The maximum Gasteiger partial charge on any atom is 0.280 e. The van der Waals surface area contributed by atoms with Crippen molar-refractivity contribution in [3.8, 4) is 5.75 Å². The van der Waals surface area contributed by atoms with Gasteiger partial charge in [0.25, 0.3) is 5.91 Å². The Balaban J connectivity index is 1.87. The van der Waals surface area contributed by atoms with E-state index in [4.69, 9.17) is 16.3 Å². The lowest BCUT2D eigenvalue weighted by Crippen LogP contribution is -2.33. The van der Waals surface area contributed by atoms with Crippen molar-refractivity contribution in [2.45, 2.75) is 13.0 Å². The SMILES string of the molecule is CC(Oc1cccc(Cl)c1)C(=O)N/N=C/c1ccc(Br)cc1. The zero-order valence-electron chi connectivity index (χ0n) is 11.8. The Bertz CT molecular complexity index is 674. The summed E-state index contributed by atoms with van der Waals surface area (Å²) in [5, 5.41) is 4.46. The van der Waals surface area contributed by atoms with Crippen LogP contribution in [0, 0.1) is 0 Å². The molecule has 4 nitrogen and oxygen atoms in total. The van der Waals surface area contributed by atoms with Crippen molar-refractivity contribution in [2.75, 3.05) is 0 Å². The van der Waals surface area contributed by atoms with Gasteiger partial charge in [0, 0.05) is 9.50 Å². The Hall–Kier alpha value is -1.85. The summed E-state index contributed by atoms with van der Waals surface area (Å²) in [5.41, 5.74) is 3.32. The molecule has 1 atom stereocenters. The van der Waals surface area contributed by atoms with Gasteiger partial charge in [-0.2, -0.15) is 5.10 Å². The van der Waals surface area contributed by atoms with Crippen LogP contribution in [0.4, 0.5) is 0 Å². The van der Waals surface area contributed by atoms with Crippen LogP contribution in [0.1, 0.15) is 12.5 Å². The normalized spacial score (nSPS) is 12.1. The van der Waals surface area contributed by atoms with Crippen molar-refractivity contribution in [2.24, 2.45) is 5.10 Å². The third kappa shape index (κ3) is 5.16. The van der Waals surface area contributed by atoms with Gasteiger partial charge in [0.15, 0.2) is 6.10 Å². The number of nitrogens with one attached hydrogen (secondary N) is 1. The quantitative estimate of drug-likeness (QED) is 0.628. The number of benzene rings is 2. The van der Waals surface area contributed by atoms with Crippen LogP contribution < -0.4 is 10.2 Å². The molecule has 2 aromatic rings. The Labute approximate surface area is 142 Å². The fraction of sp³-hybridized carbons (Fsp3) is 0.125. The second-order valence-corrected chi connectivity index (χ2v) is 5.86. The largest absolute Gasteiger partial charge is 0.481 e. The Morgan fingerprint density at radius 3 is 2.73 bits per heavy atom. The van der Waals surface area contributed by atoms with Gasteiger partial charge >= 0.3 is 0 Å². The molecule has 0 aliphatic carbocycles. The molecule has 0 saturated carbocycles. The van der Waals surface area contributed by atoms with Gasteiger partial charge in [-0.3, -0.25) is 4.79 Å². The number of carbonyl (C=O) groups is 1. The summed E-state index contributed by atoms with van der Waals surface area (Å²) in [4.78, 5) is 11.9. The van der Waals surface area contributed by atoms with E-state index in [0.717, 1.165) is 10.0 Å². The van der Waals surface area contributed by atoms with Crippen molar-refractivity contribution in [3.63, 3.8) is 0 Å². The van der Waals surface area contributed by atoms with E-state index in [-0.39, 0.29) is 5.91 Å². The van der Waals surface area contributed by atoms with Gasteiger partial charge in [0.05, 0.1) is 6.21 Å². The molecule has 0 radical (unpaired) electrons. The topological polar surface area (TPSA) is 50.7 Å². The van der Waals surface area contributed by atoms with Crippen molar-refractivity contribution in [1.82, 2.24) is 5.43 Å². The van der Waals surface area contributed by atoms with E-state index in [9.17, 15) is 4.79 Å². The zero-order valence-corrected chi connectivity index (χ0v) is 14.1. The molecule has 1 unspecified atom stereocenters. The van der Waals surface area contributed by atoms with Crippen molar-refractivity contribution < 1.29 is 9.53 Å². The monoisotopic (exact) mass is 380 g/mol. The minimum Gasteiger partial charge on any atom is -0.481 e. The molecule has 114 valence electrons. The molecule has 0 bridgehead atoms. The van der Waals surface area contributed by atoms with E-state index in [0.29, 0.717) is 10.8 Å². The Morgan fingerprint density at radius 1 is 1.32 bits per heavy atom. The minimum absolute atomic E-state index is 0.340. The summed E-state index contributed by atoms with van der Waals surface area (Å²) in [5.74, 6) is 0.195. The number of hydrogen-bond donors (Lipinski definition) is 1. The molecule has 2 aromatic carbocycles. The van der Waals surface area contributed by atoms with Gasteiger partial charge in [-0.05, 0) is 42.8 Å². The molecule has 6 heteroatoms. The molecule has 0 spiro atoms. The van der Waals surface area contributed by atoms with E-state index in [1.54, 1.807) is 37.4 Å². The number of hydrogen-bond acceptors (Lipinski definition) is 3. The summed E-state index contributed by atoms with van der Waals surface area (Å²) in [7, 11) is 0. The van der Waals surface area contributed by atoms with Crippen LogP contribution >= 0.6 is 27.5 Å². The minimum atomic E-state index is -0.680.